The summed E-state index contributed by atoms with van der Waals surface area (Å²) in [5.41, 5.74) is 8.77. The van der Waals surface area contributed by atoms with E-state index in [1.807, 2.05) is 6.07 Å². The van der Waals surface area contributed by atoms with Crippen molar-refractivity contribution in [1.82, 2.24) is 15.0 Å². The number of benzene rings is 3. The molecule has 0 saturated carbocycles. The van der Waals surface area contributed by atoms with Crippen LogP contribution in [0.5, 0.6) is 5.75 Å². The highest BCUT2D eigenvalue weighted by molar-refractivity contribution is 7.89. The zero-order chi connectivity index (χ0) is 28.5. The molecule has 1 aromatic heterocycles. The van der Waals surface area contributed by atoms with E-state index in [1.165, 1.54) is 13.2 Å². The third kappa shape index (κ3) is 7.43. The molecule has 3 aromatic carbocycles. The van der Waals surface area contributed by atoms with Crippen molar-refractivity contribution in [3.05, 3.63) is 108 Å². The Labute approximate surface area is 232 Å². The van der Waals surface area contributed by atoms with E-state index >= 15 is 0 Å². The molecule has 5 N–H and O–H groups in total. The molecule has 1 atom stereocenters. The lowest BCUT2D eigenvalue weighted by molar-refractivity contribution is -0.118. The minimum Gasteiger partial charge on any atom is -0.495 e. The van der Waals surface area contributed by atoms with Gasteiger partial charge >= 0.3 is 6.03 Å². The van der Waals surface area contributed by atoms with Crippen molar-refractivity contribution in [2.24, 2.45) is 5.73 Å². The number of primary amides is 1. The molecule has 0 fully saturated rings. The molecule has 206 valence electrons. The van der Waals surface area contributed by atoms with Crippen LogP contribution in [0.1, 0.15) is 23.6 Å². The number of amides is 3. The monoisotopic (exact) mass is 559 g/mol. The number of hydrogen-bond donors (Lipinski definition) is 4. The molecule has 0 saturated heterocycles. The molecule has 11 heteroatoms. The average Bonchev–Trinajstić information content (AvgIpc) is 2.96. The maximum absolute atomic E-state index is 13.5. The number of carbonyl (C=O) groups excluding carboxylic acids is 2. The second-order valence-electron chi connectivity index (χ2n) is 8.87. The van der Waals surface area contributed by atoms with Gasteiger partial charge < -0.3 is 21.1 Å². The third-order valence-corrected chi connectivity index (χ3v) is 7.50. The van der Waals surface area contributed by atoms with Gasteiger partial charge in [0, 0.05) is 31.0 Å². The van der Waals surface area contributed by atoms with Crippen molar-refractivity contribution in [1.29, 1.82) is 0 Å². The Morgan fingerprint density at radius 2 is 1.68 bits per heavy atom. The van der Waals surface area contributed by atoms with Crippen molar-refractivity contribution in [2.45, 2.75) is 23.9 Å². The van der Waals surface area contributed by atoms with Crippen LogP contribution in [0.15, 0.2) is 102 Å². The predicted molar refractivity (Wildman–Crippen MR) is 152 cm³/mol. The Bertz CT molecular complexity index is 1560. The smallest absolute Gasteiger partial charge is 0.319 e. The normalized spacial score (nSPS) is 11.8. The van der Waals surface area contributed by atoms with E-state index in [4.69, 9.17) is 10.5 Å². The number of urea groups is 1. The zero-order valence-electron chi connectivity index (χ0n) is 21.7. The number of hydrogen-bond acceptors (Lipinski definition) is 6. The van der Waals surface area contributed by atoms with Crippen LogP contribution in [0.3, 0.4) is 0 Å². The standard InChI is InChI=1S/C29H29N5O5S/c1-39-26-14-11-23(16-27(26)40(37,38)34-25(17-28(30)35)22-7-3-2-4-8-22)21-9-12-24(13-10-21)33-29(36)32-19-20-6-5-15-31-18-20/h2-16,18,25,34H,17,19H2,1H3,(H2,30,35)(H2,32,33,36). The van der Waals surface area contributed by atoms with Crippen molar-refractivity contribution in [3.63, 3.8) is 0 Å². The number of nitrogens with zero attached hydrogens (tertiary/aromatic N) is 1. The van der Waals surface area contributed by atoms with Gasteiger partial charge in [0.1, 0.15) is 10.6 Å². The number of carbonyl (C=O) groups is 2. The first-order valence-electron chi connectivity index (χ1n) is 12.3. The van der Waals surface area contributed by atoms with E-state index in [9.17, 15) is 18.0 Å². The summed E-state index contributed by atoms with van der Waals surface area (Å²) in [5, 5.41) is 5.53. The van der Waals surface area contributed by atoms with E-state index < -0.39 is 22.0 Å². The van der Waals surface area contributed by atoms with E-state index in [0.29, 0.717) is 23.4 Å². The number of aromatic nitrogens is 1. The summed E-state index contributed by atoms with van der Waals surface area (Å²) in [5.74, 6) is -0.498. The Hall–Kier alpha value is -4.74. The van der Waals surface area contributed by atoms with Crippen molar-refractivity contribution < 1.29 is 22.7 Å². The highest BCUT2D eigenvalue weighted by Crippen LogP contribution is 2.32. The van der Waals surface area contributed by atoms with Crippen molar-refractivity contribution in [2.75, 3.05) is 12.4 Å². The Morgan fingerprint density at radius 3 is 2.33 bits per heavy atom. The SMILES string of the molecule is COc1ccc(-c2ccc(NC(=O)NCc3cccnc3)cc2)cc1S(=O)(=O)NC(CC(N)=O)c1ccccc1. The van der Waals surface area contributed by atoms with Crippen LogP contribution >= 0.6 is 0 Å². The number of pyridine rings is 1. The van der Waals surface area contributed by atoms with E-state index in [0.717, 1.165) is 11.1 Å². The lowest BCUT2D eigenvalue weighted by Gasteiger charge is -2.19. The van der Waals surface area contributed by atoms with Crippen LogP contribution in [0.4, 0.5) is 10.5 Å². The van der Waals surface area contributed by atoms with Crippen LogP contribution in [-0.4, -0.2) is 32.4 Å². The second kappa shape index (κ2) is 12.9. The number of methoxy groups -OCH3 is 1. The van der Waals surface area contributed by atoms with Gasteiger partial charge in [-0.1, -0.05) is 54.6 Å². The summed E-state index contributed by atoms with van der Waals surface area (Å²) in [6.45, 7) is 0.333. The number of rotatable bonds is 11. The summed E-state index contributed by atoms with van der Waals surface area (Å²) in [6, 6.07) is 22.9. The van der Waals surface area contributed by atoms with Crippen molar-refractivity contribution in [3.8, 4) is 16.9 Å². The highest BCUT2D eigenvalue weighted by Gasteiger charge is 2.26. The van der Waals surface area contributed by atoms with Gasteiger partial charge in [0.15, 0.2) is 0 Å². The molecule has 0 bridgehead atoms. The molecule has 4 aromatic rings. The summed E-state index contributed by atoms with van der Waals surface area (Å²) in [7, 11) is -2.75. The number of anilines is 1. The van der Waals surface area contributed by atoms with Gasteiger partial charge in [-0.3, -0.25) is 9.78 Å². The van der Waals surface area contributed by atoms with Crippen LogP contribution < -0.4 is 25.8 Å². The van der Waals surface area contributed by atoms with Gasteiger partial charge in [-0.2, -0.15) is 0 Å². The van der Waals surface area contributed by atoms with Gasteiger partial charge in [-0.25, -0.2) is 17.9 Å². The summed E-state index contributed by atoms with van der Waals surface area (Å²) in [6.07, 6.45) is 3.12. The molecule has 0 spiro atoms. The maximum Gasteiger partial charge on any atom is 0.319 e. The molecule has 1 heterocycles. The van der Waals surface area contributed by atoms with Gasteiger partial charge in [0.25, 0.3) is 0 Å². The lowest BCUT2D eigenvalue weighted by Crippen LogP contribution is -2.32. The second-order valence-corrected chi connectivity index (χ2v) is 10.5. The summed E-state index contributed by atoms with van der Waals surface area (Å²) in [4.78, 5) is 27.9. The molecule has 0 radical (unpaired) electrons. The maximum atomic E-state index is 13.5. The quantitative estimate of drug-likeness (QED) is 0.218. The predicted octanol–water partition coefficient (Wildman–Crippen LogP) is 3.97. The molecular weight excluding hydrogens is 530 g/mol. The number of nitrogens with one attached hydrogen (secondary N) is 3. The Morgan fingerprint density at radius 1 is 0.950 bits per heavy atom. The number of sulfonamides is 1. The fourth-order valence-corrected chi connectivity index (χ4v) is 5.46. The highest BCUT2D eigenvalue weighted by atomic mass is 32.2. The van der Waals surface area contributed by atoms with Crippen LogP contribution in [0.2, 0.25) is 0 Å². The van der Waals surface area contributed by atoms with Gasteiger partial charge in [0.2, 0.25) is 15.9 Å². The molecule has 3 amide bonds. The van der Waals surface area contributed by atoms with Gasteiger partial charge in [-0.05, 0) is 52.6 Å². The van der Waals surface area contributed by atoms with Crippen LogP contribution in [0.25, 0.3) is 11.1 Å². The average molecular weight is 560 g/mol. The largest absolute Gasteiger partial charge is 0.495 e. The Kier molecular flexibility index (Phi) is 9.10. The number of nitrogens with two attached hydrogens (primary N) is 1. The number of ether oxygens (including phenoxy) is 1. The fourth-order valence-electron chi connectivity index (χ4n) is 4.04. The van der Waals surface area contributed by atoms with E-state index in [1.54, 1.807) is 85.2 Å². The molecule has 10 nitrogen and oxygen atoms in total. The minimum absolute atomic E-state index is 0.0881. The van der Waals surface area contributed by atoms with Crippen LogP contribution in [-0.2, 0) is 21.4 Å². The molecule has 0 aliphatic carbocycles. The zero-order valence-corrected chi connectivity index (χ0v) is 22.5. The van der Waals surface area contributed by atoms with Crippen molar-refractivity contribution >= 4 is 27.6 Å². The molecule has 4 rings (SSSR count). The fraction of sp³-hybridized carbons (Fsp3) is 0.138. The third-order valence-electron chi connectivity index (χ3n) is 6.01. The Balaban J connectivity index is 1.52. The molecular formula is C29H29N5O5S. The topological polar surface area (TPSA) is 153 Å². The van der Waals surface area contributed by atoms with Gasteiger partial charge in [-0.15, -0.1) is 0 Å². The van der Waals surface area contributed by atoms with Crippen LogP contribution in [0, 0.1) is 0 Å². The molecule has 0 aliphatic rings. The molecule has 1 unspecified atom stereocenters. The minimum atomic E-state index is -4.13. The summed E-state index contributed by atoms with van der Waals surface area (Å²) >= 11 is 0. The first-order valence-corrected chi connectivity index (χ1v) is 13.8. The van der Waals surface area contributed by atoms with E-state index in [-0.39, 0.29) is 23.1 Å². The van der Waals surface area contributed by atoms with Gasteiger partial charge in [0.05, 0.1) is 13.2 Å². The molecule has 0 aliphatic heterocycles. The first kappa shape index (κ1) is 28.3. The lowest BCUT2D eigenvalue weighted by atomic mass is 10.0. The molecule has 40 heavy (non-hydrogen) atoms. The summed E-state index contributed by atoms with van der Waals surface area (Å²) < 4.78 is 34.9. The van der Waals surface area contributed by atoms with E-state index in [2.05, 4.69) is 20.3 Å². The first-order chi connectivity index (χ1) is 19.2.